The van der Waals surface area contributed by atoms with Crippen molar-refractivity contribution in [3.63, 3.8) is 0 Å². The second-order valence-electron chi connectivity index (χ2n) is 3.46. The second-order valence-corrected chi connectivity index (χ2v) is 4.87. The molecule has 0 aliphatic carbocycles. The van der Waals surface area contributed by atoms with Crippen molar-refractivity contribution >= 4 is 22.9 Å². The third kappa shape index (κ3) is 2.22. The summed E-state index contributed by atoms with van der Waals surface area (Å²) in [5, 5.41) is 6.88. The Balaban J connectivity index is 2.36. The smallest absolute Gasteiger partial charge is 0.101 e. The molecule has 0 saturated heterocycles. The first-order valence-corrected chi connectivity index (χ1v) is 5.93. The third-order valence-electron chi connectivity index (χ3n) is 2.19. The van der Waals surface area contributed by atoms with Crippen LogP contribution in [0.25, 0.3) is 0 Å². The Labute approximate surface area is 97.5 Å². The van der Waals surface area contributed by atoms with E-state index in [1.54, 1.807) is 23.7 Å². The predicted octanol–water partition coefficient (Wildman–Crippen LogP) is 2.53. The SMILES string of the molecule is CC(N)C(c1cccs1)n1cc(Cl)cn1. The standard InChI is InChI=1S/C10H12ClN3S/c1-7(12)10(9-3-2-4-15-9)14-6-8(11)5-13-14/h2-7,10H,12H2,1H3. The molecule has 2 unspecified atom stereocenters. The zero-order chi connectivity index (χ0) is 10.8. The minimum Gasteiger partial charge on any atom is -0.326 e. The molecule has 2 aromatic rings. The maximum absolute atomic E-state index is 5.97. The van der Waals surface area contributed by atoms with Crippen LogP contribution in [0.1, 0.15) is 17.8 Å². The molecule has 0 aliphatic rings. The highest BCUT2D eigenvalue weighted by Gasteiger charge is 2.19. The molecule has 15 heavy (non-hydrogen) atoms. The van der Waals surface area contributed by atoms with Crippen LogP contribution in [0.3, 0.4) is 0 Å². The van der Waals surface area contributed by atoms with Gasteiger partial charge in [-0.3, -0.25) is 4.68 Å². The van der Waals surface area contributed by atoms with Crippen LogP contribution < -0.4 is 5.73 Å². The average Bonchev–Trinajstić information content (AvgIpc) is 2.77. The summed E-state index contributed by atoms with van der Waals surface area (Å²) in [5.41, 5.74) is 5.97. The van der Waals surface area contributed by atoms with Gasteiger partial charge in [0.2, 0.25) is 0 Å². The van der Waals surface area contributed by atoms with Gasteiger partial charge in [0.15, 0.2) is 0 Å². The van der Waals surface area contributed by atoms with Gasteiger partial charge in [0, 0.05) is 17.1 Å². The molecule has 2 N–H and O–H groups in total. The van der Waals surface area contributed by atoms with Gasteiger partial charge < -0.3 is 5.73 Å². The monoisotopic (exact) mass is 241 g/mol. The first-order chi connectivity index (χ1) is 7.18. The number of nitrogens with zero attached hydrogens (tertiary/aromatic N) is 2. The Hall–Kier alpha value is -0.840. The van der Waals surface area contributed by atoms with Crippen molar-refractivity contribution in [2.45, 2.75) is 19.0 Å². The first-order valence-electron chi connectivity index (χ1n) is 4.67. The summed E-state index contributed by atoms with van der Waals surface area (Å²) in [4.78, 5) is 1.20. The minimum absolute atomic E-state index is 0.000355. The molecule has 0 aliphatic heterocycles. The minimum atomic E-state index is -0.000355. The fraction of sp³-hybridized carbons (Fsp3) is 0.300. The summed E-state index contributed by atoms with van der Waals surface area (Å²) in [5.74, 6) is 0. The van der Waals surface area contributed by atoms with Crippen LogP contribution in [0.2, 0.25) is 5.02 Å². The lowest BCUT2D eigenvalue weighted by Gasteiger charge is -2.19. The Morgan fingerprint density at radius 2 is 2.40 bits per heavy atom. The molecule has 2 atom stereocenters. The largest absolute Gasteiger partial charge is 0.326 e. The highest BCUT2D eigenvalue weighted by Crippen LogP contribution is 2.25. The van der Waals surface area contributed by atoms with E-state index in [9.17, 15) is 0 Å². The number of rotatable bonds is 3. The zero-order valence-electron chi connectivity index (χ0n) is 8.30. The summed E-state index contributed by atoms with van der Waals surface area (Å²) in [6, 6.07) is 4.14. The maximum Gasteiger partial charge on any atom is 0.101 e. The van der Waals surface area contributed by atoms with E-state index in [1.165, 1.54) is 4.88 Å². The fourth-order valence-electron chi connectivity index (χ4n) is 1.56. The summed E-state index contributed by atoms with van der Waals surface area (Å²) in [7, 11) is 0. The Morgan fingerprint density at radius 1 is 1.60 bits per heavy atom. The van der Waals surface area contributed by atoms with Crippen molar-refractivity contribution < 1.29 is 0 Å². The van der Waals surface area contributed by atoms with Gasteiger partial charge in [-0.2, -0.15) is 5.10 Å². The van der Waals surface area contributed by atoms with Gasteiger partial charge in [-0.25, -0.2) is 0 Å². The van der Waals surface area contributed by atoms with E-state index in [2.05, 4.69) is 11.2 Å². The van der Waals surface area contributed by atoms with Crippen LogP contribution >= 0.6 is 22.9 Å². The first kappa shape index (κ1) is 10.7. The molecule has 80 valence electrons. The molecule has 0 fully saturated rings. The molecule has 3 nitrogen and oxygen atoms in total. The molecule has 0 saturated carbocycles. The van der Waals surface area contributed by atoms with Crippen LogP contribution in [0.4, 0.5) is 0 Å². The van der Waals surface area contributed by atoms with Gasteiger partial charge in [0.25, 0.3) is 0 Å². The predicted molar refractivity (Wildman–Crippen MR) is 63.3 cm³/mol. The molecule has 0 aromatic carbocycles. The van der Waals surface area contributed by atoms with Crippen molar-refractivity contribution in [1.29, 1.82) is 0 Å². The molecule has 0 amide bonds. The molecular weight excluding hydrogens is 230 g/mol. The Bertz CT molecular complexity index is 422. The lowest BCUT2D eigenvalue weighted by molar-refractivity contribution is 0.460. The van der Waals surface area contributed by atoms with Crippen molar-refractivity contribution in [2.24, 2.45) is 5.73 Å². The van der Waals surface area contributed by atoms with Crippen LogP contribution in [-0.4, -0.2) is 15.8 Å². The third-order valence-corrected chi connectivity index (χ3v) is 3.33. The van der Waals surface area contributed by atoms with E-state index >= 15 is 0 Å². The number of thiophene rings is 1. The van der Waals surface area contributed by atoms with E-state index in [1.807, 2.05) is 23.1 Å². The summed E-state index contributed by atoms with van der Waals surface area (Å²) in [6.45, 7) is 1.97. The van der Waals surface area contributed by atoms with E-state index < -0.39 is 0 Å². The van der Waals surface area contributed by atoms with Crippen LogP contribution in [0.15, 0.2) is 29.9 Å². The maximum atomic E-state index is 5.97. The van der Waals surface area contributed by atoms with Gasteiger partial charge in [-0.1, -0.05) is 17.7 Å². The van der Waals surface area contributed by atoms with Gasteiger partial charge in [0.1, 0.15) is 6.04 Å². The molecule has 2 aromatic heterocycles. The van der Waals surface area contributed by atoms with Crippen LogP contribution in [0.5, 0.6) is 0 Å². The topological polar surface area (TPSA) is 43.8 Å². The number of hydrogen-bond donors (Lipinski definition) is 1. The highest BCUT2D eigenvalue weighted by atomic mass is 35.5. The molecule has 0 bridgehead atoms. The van der Waals surface area contributed by atoms with E-state index in [0.29, 0.717) is 5.02 Å². The van der Waals surface area contributed by atoms with E-state index in [-0.39, 0.29) is 12.1 Å². The molecule has 0 spiro atoms. The van der Waals surface area contributed by atoms with E-state index in [4.69, 9.17) is 17.3 Å². The average molecular weight is 242 g/mol. The van der Waals surface area contributed by atoms with Crippen LogP contribution in [-0.2, 0) is 0 Å². The second kappa shape index (κ2) is 4.35. The summed E-state index contributed by atoms with van der Waals surface area (Å²) >= 11 is 7.53. The number of halogens is 1. The highest BCUT2D eigenvalue weighted by molar-refractivity contribution is 7.10. The van der Waals surface area contributed by atoms with Gasteiger partial charge in [0.05, 0.1) is 11.2 Å². The quantitative estimate of drug-likeness (QED) is 0.898. The molecule has 2 heterocycles. The summed E-state index contributed by atoms with van der Waals surface area (Å²) in [6.07, 6.45) is 3.43. The van der Waals surface area contributed by atoms with Gasteiger partial charge >= 0.3 is 0 Å². The molecule has 2 rings (SSSR count). The zero-order valence-corrected chi connectivity index (χ0v) is 9.87. The van der Waals surface area contributed by atoms with Crippen molar-refractivity contribution in [3.8, 4) is 0 Å². The van der Waals surface area contributed by atoms with E-state index in [0.717, 1.165) is 0 Å². The van der Waals surface area contributed by atoms with Gasteiger partial charge in [-0.15, -0.1) is 11.3 Å². The molecule has 0 radical (unpaired) electrons. The van der Waals surface area contributed by atoms with Crippen molar-refractivity contribution in [1.82, 2.24) is 9.78 Å². The Kier molecular flexibility index (Phi) is 3.09. The molecular formula is C10H12ClN3S. The van der Waals surface area contributed by atoms with Gasteiger partial charge in [-0.05, 0) is 18.4 Å². The number of nitrogens with two attached hydrogens (primary N) is 1. The number of hydrogen-bond acceptors (Lipinski definition) is 3. The van der Waals surface area contributed by atoms with Crippen molar-refractivity contribution in [3.05, 3.63) is 39.8 Å². The lowest BCUT2D eigenvalue weighted by atomic mass is 10.1. The summed E-state index contributed by atoms with van der Waals surface area (Å²) < 4.78 is 1.82. The Morgan fingerprint density at radius 3 is 2.87 bits per heavy atom. The molecule has 5 heteroatoms. The normalized spacial score (nSPS) is 15.1. The van der Waals surface area contributed by atoms with Crippen molar-refractivity contribution in [2.75, 3.05) is 0 Å². The fourth-order valence-corrected chi connectivity index (χ4v) is 2.63. The number of aromatic nitrogens is 2. The van der Waals surface area contributed by atoms with Crippen LogP contribution in [0, 0.1) is 0 Å². The lowest BCUT2D eigenvalue weighted by Crippen LogP contribution is -2.29.